The number of carboxylic acids is 1. The van der Waals surface area contributed by atoms with E-state index >= 15 is 0 Å². The first-order chi connectivity index (χ1) is 9.96. The molecule has 2 fully saturated rings. The van der Waals surface area contributed by atoms with Crippen molar-refractivity contribution in [2.45, 2.75) is 57.0 Å². The monoisotopic (exact) mass is 299 g/mol. The molecule has 2 rings (SSSR count). The number of carboxylic acid groups (broad SMARTS) is 1. The van der Waals surface area contributed by atoms with Gasteiger partial charge in [-0.1, -0.05) is 25.7 Å². The molecular weight excluding hydrogens is 274 g/mol. The summed E-state index contributed by atoms with van der Waals surface area (Å²) < 4.78 is 5.12. The zero-order valence-electron chi connectivity index (χ0n) is 12.4. The molecule has 0 aromatic heterocycles. The Morgan fingerprint density at radius 1 is 1.10 bits per heavy atom. The average molecular weight is 299 g/mol. The van der Waals surface area contributed by atoms with Crippen molar-refractivity contribution in [2.75, 3.05) is 19.8 Å². The van der Waals surface area contributed by atoms with E-state index < -0.39 is 17.0 Å². The lowest BCUT2D eigenvalue weighted by Crippen LogP contribution is -2.45. The lowest BCUT2D eigenvalue weighted by molar-refractivity contribution is -0.153. The van der Waals surface area contributed by atoms with Crippen molar-refractivity contribution < 1.29 is 24.5 Å². The summed E-state index contributed by atoms with van der Waals surface area (Å²) in [4.78, 5) is 23.7. The number of carbonyl (C=O) groups is 2. The third-order valence-corrected chi connectivity index (χ3v) is 4.71. The summed E-state index contributed by atoms with van der Waals surface area (Å²) in [7, 11) is 0. The Morgan fingerprint density at radius 2 is 1.76 bits per heavy atom. The van der Waals surface area contributed by atoms with Gasteiger partial charge in [-0.25, -0.2) is 0 Å². The first kappa shape index (κ1) is 16.2. The van der Waals surface area contributed by atoms with Gasteiger partial charge in [-0.05, 0) is 12.8 Å². The molecule has 1 atom stereocenters. The molecule has 1 aliphatic carbocycles. The van der Waals surface area contributed by atoms with Crippen molar-refractivity contribution in [1.29, 1.82) is 0 Å². The van der Waals surface area contributed by atoms with Crippen molar-refractivity contribution in [3.63, 3.8) is 0 Å². The number of aliphatic carboxylic acids is 1. The van der Waals surface area contributed by atoms with Crippen LogP contribution in [0.5, 0.6) is 0 Å². The maximum Gasteiger partial charge on any atom is 0.310 e. The molecule has 1 unspecified atom stereocenters. The molecule has 21 heavy (non-hydrogen) atoms. The predicted octanol–water partition coefficient (Wildman–Crippen LogP) is 1.07. The molecule has 2 aliphatic rings. The molecule has 0 spiro atoms. The number of aliphatic hydroxyl groups is 1. The van der Waals surface area contributed by atoms with Crippen LogP contribution in [-0.4, -0.2) is 47.4 Å². The highest BCUT2D eigenvalue weighted by molar-refractivity contribution is 5.85. The van der Waals surface area contributed by atoms with Crippen LogP contribution in [0, 0.1) is 5.41 Å². The Hall–Kier alpha value is -1.14. The number of rotatable bonds is 5. The van der Waals surface area contributed by atoms with Gasteiger partial charge in [0.05, 0.1) is 12.0 Å². The average Bonchev–Trinajstić information content (AvgIpc) is 2.72. The molecule has 3 N–H and O–H groups in total. The third kappa shape index (κ3) is 4.17. The van der Waals surface area contributed by atoms with Crippen LogP contribution < -0.4 is 5.32 Å². The summed E-state index contributed by atoms with van der Waals surface area (Å²) in [5.74, 6) is -1.16. The van der Waals surface area contributed by atoms with Gasteiger partial charge in [-0.2, -0.15) is 0 Å². The van der Waals surface area contributed by atoms with E-state index in [9.17, 15) is 19.8 Å². The molecule has 0 aromatic rings. The first-order valence-corrected chi connectivity index (χ1v) is 7.76. The first-order valence-electron chi connectivity index (χ1n) is 7.76. The van der Waals surface area contributed by atoms with E-state index in [1.54, 1.807) is 0 Å². The number of carbonyl (C=O) groups excluding carboxylic acids is 1. The highest BCUT2D eigenvalue weighted by Crippen LogP contribution is 2.38. The van der Waals surface area contributed by atoms with Gasteiger partial charge in [0.15, 0.2) is 0 Å². The van der Waals surface area contributed by atoms with E-state index in [2.05, 4.69) is 5.32 Å². The minimum atomic E-state index is -1.00. The summed E-state index contributed by atoms with van der Waals surface area (Å²) in [6, 6.07) is 0. The number of ether oxygens (including phenoxy) is 1. The van der Waals surface area contributed by atoms with Crippen molar-refractivity contribution in [3.8, 4) is 0 Å². The minimum Gasteiger partial charge on any atom is -0.481 e. The van der Waals surface area contributed by atoms with Crippen LogP contribution in [0.2, 0.25) is 0 Å². The fourth-order valence-corrected chi connectivity index (χ4v) is 3.24. The fraction of sp³-hybridized carbons (Fsp3) is 0.867. The lowest BCUT2D eigenvalue weighted by Gasteiger charge is -2.28. The maximum atomic E-state index is 12.1. The van der Waals surface area contributed by atoms with Crippen LogP contribution in [0.15, 0.2) is 0 Å². The highest BCUT2D eigenvalue weighted by atomic mass is 16.5. The molecule has 1 aliphatic heterocycles. The van der Waals surface area contributed by atoms with E-state index in [4.69, 9.17) is 4.74 Å². The summed E-state index contributed by atoms with van der Waals surface area (Å²) >= 11 is 0. The number of amides is 1. The van der Waals surface area contributed by atoms with Crippen molar-refractivity contribution >= 4 is 11.9 Å². The van der Waals surface area contributed by atoms with Gasteiger partial charge in [0.25, 0.3) is 0 Å². The largest absolute Gasteiger partial charge is 0.481 e. The van der Waals surface area contributed by atoms with E-state index in [0.717, 1.165) is 25.7 Å². The standard InChI is InChI=1S/C15H25NO5/c17-12(16-10-15(20)7-8-21-11-15)9-14(13(18)19)5-3-1-2-4-6-14/h20H,1-11H2,(H,16,17)(H,18,19). The Kier molecular flexibility index (Phi) is 5.22. The quantitative estimate of drug-likeness (QED) is 0.660. The zero-order chi connectivity index (χ0) is 15.3. The maximum absolute atomic E-state index is 12.1. The molecule has 120 valence electrons. The van der Waals surface area contributed by atoms with Gasteiger partial charge in [-0.15, -0.1) is 0 Å². The van der Waals surface area contributed by atoms with Crippen LogP contribution >= 0.6 is 0 Å². The minimum absolute atomic E-state index is 0.000724. The zero-order valence-corrected chi connectivity index (χ0v) is 12.4. The van der Waals surface area contributed by atoms with Crippen LogP contribution in [0.4, 0.5) is 0 Å². The molecule has 0 bridgehead atoms. The Labute approximate surface area is 124 Å². The molecule has 6 heteroatoms. The summed E-state index contributed by atoms with van der Waals surface area (Å²) in [5, 5.41) is 22.3. The van der Waals surface area contributed by atoms with Crippen molar-refractivity contribution in [2.24, 2.45) is 5.41 Å². The van der Waals surface area contributed by atoms with Gasteiger partial charge in [0.1, 0.15) is 5.60 Å². The van der Waals surface area contributed by atoms with Gasteiger partial charge < -0.3 is 20.3 Å². The molecule has 1 saturated carbocycles. The second-order valence-electron chi connectivity index (χ2n) is 6.48. The third-order valence-electron chi connectivity index (χ3n) is 4.71. The van der Waals surface area contributed by atoms with E-state index in [1.807, 2.05) is 0 Å². The van der Waals surface area contributed by atoms with Crippen LogP contribution in [0.25, 0.3) is 0 Å². The molecule has 1 saturated heterocycles. The number of hydrogen-bond acceptors (Lipinski definition) is 4. The molecule has 1 amide bonds. The number of hydrogen-bond donors (Lipinski definition) is 3. The Bertz CT molecular complexity index is 382. The summed E-state index contributed by atoms with van der Waals surface area (Å²) in [5.41, 5.74) is -1.94. The van der Waals surface area contributed by atoms with E-state index in [1.165, 1.54) is 0 Å². The van der Waals surface area contributed by atoms with E-state index in [0.29, 0.717) is 25.9 Å². The second kappa shape index (κ2) is 6.75. The lowest BCUT2D eigenvalue weighted by atomic mass is 9.77. The van der Waals surface area contributed by atoms with Crippen LogP contribution in [-0.2, 0) is 14.3 Å². The SMILES string of the molecule is O=C(CC1(C(=O)O)CCCCCC1)NCC1(O)CCOC1. The second-order valence-corrected chi connectivity index (χ2v) is 6.48. The van der Waals surface area contributed by atoms with Gasteiger partial charge in [0, 0.05) is 26.0 Å². The van der Waals surface area contributed by atoms with Crippen molar-refractivity contribution in [3.05, 3.63) is 0 Å². The topological polar surface area (TPSA) is 95.9 Å². The predicted molar refractivity (Wildman–Crippen MR) is 75.8 cm³/mol. The van der Waals surface area contributed by atoms with Crippen LogP contribution in [0.3, 0.4) is 0 Å². The Morgan fingerprint density at radius 3 is 2.29 bits per heavy atom. The highest BCUT2D eigenvalue weighted by Gasteiger charge is 2.41. The smallest absolute Gasteiger partial charge is 0.310 e. The Balaban J connectivity index is 1.90. The summed E-state index contributed by atoms with van der Waals surface area (Å²) in [6.07, 6.45) is 5.40. The van der Waals surface area contributed by atoms with Crippen LogP contribution in [0.1, 0.15) is 51.4 Å². The van der Waals surface area contributed by atoms with Gasteiger partial charge in [-0.3, -0.25) is 9.59 Å². The molecule has 1 heterocycles. The molecule has 0 aromatic carbocycles. The number of nitrogens with one attached hydrogen (secondary N) is 1. The molecular formula is C15H25NO5. The fourth-order valence-electron chi connectivity index (χ4n) is 3.24. The van der Waals surface area contributed by atoms with E-state index in [-0.39, 0.29) is 25.5 Å². The van der Waals surface area contributed by atoms with Crippen molar-refractivity contribution in [1.82, 2.24) is 5.32 Å². The normalized spacial score (nSPS) is 28.8. The molecule has 0 radical (unpaired) electrons. The summed E-state index contributed by atoms with van der Waals surface area (Å²) in [6.45, 7) is 0.838. The molecule has 6 nitrogen and oxygen atoms in total. The van der Waals surface area contributed by atoms with Gasteiger partial charge in [0.2, 0.25) is 5.91 Å². The van der Waals surface area contributed by atoms with Gasteiger partial charge >= 0.3 is 5.97 Å².